The van der Waals surface area contributed by atoms with Crippen LogP contribution in [0.4, 0.5) is 0 Å². The highest BCUT2D eigenvalue weighted by Crippen LogP contribution is 2.12. The molecule has 3 nitrogen and oxygen atoms in total. The maximum atomic E-state index is 10.5. The lowest BCUT2D eigenvalue weighted by molar-refractivity contribution is -0.120. The molecule has 0 spiro atoms. The van der Waals surface area contributed by atoms with Crippen LogP contribution in [0.3, 0.4) is 0 Å². The van der Waals surface area contributed by atoms with Gasteiger partial charge in [0.25, 0.3) is 0 Å². The standard InChI is InChI=1S/C6H10O.C6H12O.C4H8O/c7-6-4-2-1-3-5-6;1-5(2)4-6(3)7;1-3-4(2)5/h1-5H2;5H,4H2,1-3H3;3H2,1-2H3. The number of carbonyl (C=O) groups excluding carboxylic acids is 3. The lowest BCUT2D eigenvalue weighted by atomic mass is 10.00. The zero-order valence-corrected chi connectivity index (χ0v) is 13.3. The number of hydrogen-bond donors (Lipinski definition) is 0. The van der Waals surface area contributed by atoms with Gasteiger partial charge in [-0.05, 0) is 32.6 Å². The Morgan fingerprint density at radius 3 is 1.53 bits per heavy atom. The number of hydrogen-bond acceptors (Lipinski definition) is 3. The van der Waals surface area contributed by atoms with Crippen molar-refractivity contribution in [2.75, 3.05) is 0 Å². The smallest absolute Gasteiger partial charge is 0.132 e. The van der Waals surface area contributed by atoms with Crippen molar-refractivity contribution in [3.05, 3.63) is 0 Å². The Hall–Kier alpha value is -0.990. The van der Waals surface area contributed by atoms with Gasteiger partial charge in [0.05, 0.1) is 0 Å². The summed E-state index contributed by atoms with van der Waals surface area (Å²) in [6.45, 7) is 9.14. The summed E-state index contributed by atoms with van der Waals surface area (Å²) in [7, 11) is 0. The maximum absolute atomic E-state index is 10.5. The summed E-state index contributed by atoms with van der Waals surface area (Å²) in [4.78, 5) is 30.5. The largest absolute Gasteiger partial charge is 0.300 e. The summed E-state index contributed by atoms with van der Waals surface area (Å²) in [6.07, 6.45) is 6.63. The van der Waals surface area contributed by atoms with Crippen molar-refractivity contribution in [3.63, 3.8) is 0 Å². The quantitative estimate of drug-likeness (QED) is 0.775. The van der Waals surface area contributed by atoms with Crippen molar-refractivity contribution in [2.24, 2.45) is 5.92 Å². The molecule has 0 unspecified atom stereocenters. The maximum Gasteiger partial charge on any atom is 0.132 e. The first-order valence-electron chi connectivity index (χ1n) is 7.30. The van der Waals surface area contributed by atoms with E-state index >= 15 is 0 Å². The molecule has 19 heavy (non-hydrogen) atoms. The second-order valence-corrected chi connectivity index (χ2v) is 5.45. The molecule has 0 aromatic rings. The summed E-state index contributed by atoms with van der Waals surface area (Å²) in [6, 6.07) is 0. The minimum atomic E-state index is 0.255. The molecule has 0 aromatic carbocycles. The molecule has 0 aromatic heterocycles. The Morgan fingerprint density at radius 1 is 1.00 bits per heavy atom. The summed E-state index contributed by atoms with van der Waals surface area (Å²) < 4.78 is 0. The van der Waals surface area contributed by atoms with E-state index in [1.807, 2.05) is 20.8 Å². The van der Waals surface area contributed by atoms with Crippen LogP contribution in [0.15, 0.2) is 0 Å². The van der Waals surface area contributed by atoms with Crippen LogP contribution in [-0.2, 0) is 14.4 Å². The van der Waals surface area contributed by atoms with Crippen LogP contribution in [0.1, 0.15) is 79.6 Å². The third kappa shape index (κ3) is 22.6. The van der Waals surface area contributed by atoms with Crippen LogP contribution in [0.25, 0.3) is 0 Å². The van der Waals surface area contributed by atoms with Gasteiger partial charge in [-0.2, -0.15) is 0 Å². The SMILES string of the molecule is CC(=O)CC(C)C.CCC(C)=O.O=C1CCCCC1. The third-order valence-electron chi connectivity index (χ3n) is 2.60. The van der Waals surface area contributed by atoms with Gasteiger partial charge in [0.15, 0.2) is 0 Å². The van der Waals surface area contributed by atoms with E-state index in [4.69, 9.17) is 0 Å². The fourth-order valence-corrected chi connectivity index (χ4v) is 1.52. The predicted octanol–water partition coefficient (Wildman–Crippen LogP) is 4.13. The van der Waals surface area contributed by atoms with Crippen LogP contribution in [0, 0.1) is 5.92 Å². The average molecular weight is 270 g/mol. The average Bonchev–Trinajstić information content (AvgIpc) is 2.29. The third-order valence-corrected chi connectivity index (χ3v) is 2.60. The van der Waals surface area contributed by atoms with Gasteiger partial charge in [0, 0.05) is 25.7 Å². The van der Waals surface area contributed by atoms with Gasteiger partial charge >= 0.3 is 0 Å². The Kier molecular flexibility index (Phi) is 14.4. The molecule has 0 N–H and O–H groups in total. The van der Waals surface area contributed by atoms with Gasteiger partial charge in [-0.3, -0.25) is 4.79 Å². The van der Waals surface area contributed by atoms with Crippen molar-refractivity contribution in [1.82, 2.24) is 0 Å². The lowest BCUT2D eigenvalue weighted by Gasteiger charge is -2.05. The number of ketones is 3. The van der Waals surface area contributed by atoms with Crippen LogP contribution in [0.5, 0.6) is 0 Å². The molecule has 0 heterocycles. The summed E-state index contributed by atoms with van der Waals surface area (Å²) >= 11 is 0. The van der Waals surface area contributed by atoms with E-state index in [1.165, 1.54) is 6.42 Å². The fourth-order valence-electron chi connectivity index (χ4n) is 1.52. The summed E-state index contributed by atoms with van der Waals surface area (Å²) in [5, 5.41) is 0. The molecule has 0 atom stereocenters. The molecule has 1 aliphatic rings. The second-order valence-electron chi connectivity index (χ2n) is 5.45. The molecule has 1 saturated carbocycles. The Labute approximate surface area is 118 Å². The Bertz CT molecular complexity index is 259. The highest BCUT2D eigenvalue weighted by Gasteiger charge is 2.05. The predicted molar refractivity (Wildman–Crippen MR) is 79.2 cm³/mol. The normalized spacial score (nSPS) is 13.9. The first kappa shape index (κ1) is 20.3. The molecular formula is C16H30O3. The molecule has 3 heteroatoms. The van der Waals surface area contributed by atoms with Crippen molar-refractivity contribution in [3.8, 4) is 0 Å². The van der Waals surface area contributed by atoms with Crippen molar-refractivity contribution in [1.29, 1.82) is 0 Å². The van der Waals surface area contributed by atoms with Gasteiger partial charge in [-0.1, -0.05) is 27.2 Å². The summed E-state index contributed by atoms with van der Waals surface area (Å²) in [5.41, 5.74) is 0. The van der Waals surface area contributed by atoms with Crippen molar-refractivity contribution in [2.45, 2.75) is 79.6 Å². The molecule has 1 aliphatic carbocycles. The van der Waals surface area contributed by atoms with E-state index in [-0.39, 0.29) is 11.6 Å². The molecule has 112 valence electrons. The van der Waals surface area contributed by atoms with Crippen molar-refractivity contribution < 1.29 is 14.4 Å². The molecule has 1 fully saturated rings. The molecule has 1 rings (SSSR count). The number of rotatable bonds is 3. The Morgan fingerprint density at radius 2 is 1.42 bits per heavy atom. The Balaban J connectivity index is 0. The zero-order chi connectivity index (χ0) is 15.3. The van der Waals surface area contributed by atoms with E-state index in [2.05, 4.69) is 0 Å². The van der Waals surface area contributed by atoms with Crippen LogP contribution in [-0.4, -0.2) is 17.3 Å². The van der Waals surface area contributed by atoms with Crippen LogP contribution >= 0.6 is 0 Å². The molecular weight excluding hydrogens is 240 g/mol. The highest BCUT2D eigenvalue weighted by atomic mass is 16.1. The topological polar surface area (TPSA) is 51.2 Å². The highest BCUT2D eigenvalue weighted by molar-refractivity contribution is 5.78. The molecule has 0 bridgehead atoms. The van der Waals surface area contributed by atoms with Gasteiger partial charge in [-0.25, -0.2) is 0 Å². The van der Waals surface area contributed by atoms with E-state index in [0.29, 0.717) is 18.1 Å². The van der Waals surface area contributed by atoms with E-state index in [0.717, 1.165) is 32.1 Å². The van der Waals surface area contributed by atoms with Crippen molar-refractivity contribution >= 4 is 17.3 Å². The lowest BCUT2D eigenvalue weighted by Crippen LogP contribution is -2.02. The first-order chi connectivity index (χ1) is 8.79. The minimum Gasteiger partial charge on any atom is -0.300 e. The van der Waals surface area contributed by atoms with Crippen LogP contribution < -0.4 is 0 Å². The number of Topliss-reactive ketones (excluding diaryl/α,β-unsaturated/α-hetero) is 3. The van der Waals surface area contributed by atoms with E-state index < -0.39 is 0 Å². The van der Waals surface area contributed by atoms with Gasteiger partial charge in [0.1, 0.15) is 17.3 Å². The monoisotopic (exact) mass is 270 g/mol. The molecule has 0 saturated heterocycles. The van der Waals surface area contributed by atoms with E-state index in [9.17, 15) is 14.4 Å². The fraction of sp³-hybridized carbons (Fsp3) is 0.812. The van der Waals surface area contributed by atoms with Crippen LogP contribution in [0.2, 0.25) is 0 Å². The first-order valence-corrected chi connectivity index (χ1v) is 7.30. The van der Waals surface area contributed by atoms with Gasteiger partial charge in [0.2, 0.25) is 0 Å². The number of carbonyl (C=O) groups is 3. The van der Waals surface area contributed by atoms with E-state index in [1.54, 1.807) is 13.8 Å². The molecule has 0 radical (unpaired) electrons. The molecule has 0 aliphatic heterocycles. The zero-order valence-electron chi connectivity index (χ0n) is 13.3. The van der Waals surface area contributed by atoms with Gasteiger partial charge < -0.3 is 9.59 Å². The van der Waals surface area contributed by atoms with Gasteiger partial charge in [-0.15, -0.1) is 0 Å². The second kappa shape index (κ2) is 13.4. The summed E-state index contributed by atoms with van der Waals surface area (Å²) in [5.74, 6) is 1.53. The molecule has 0 amide bonds. The minimum absolute atomic E-state index is 0.255.